The van der Waals surface area contributed by atoms with Gasteiger partial charge in [-0.3, -0.25) is 0 Å². The van der Waals surface area contributed by atoms with Gasteiger partial charge in [-0.2, -0.15) is 0 Å². The van der Waals surface area contributed by atoms with Crippen LogP contribution in [-0.2, 0) is 0 Å². The Hall–Kier alpha value is -0.570. The summed E-state index contributed by atoms with van der Waals surface area (Å²) in [6, 6.07) is 0. The Morgan fingerprint density at radius 1 is 1.55 bits per heavy atom. The average Bonchev–Trinajstić information content (AvgIpc) is 1.79. The van der Waals surface area contributed by atoms with Crippen LogP contribution < -0.4 is 10.6 Å². The molecule has 0 amide bonds. The molecule has 0 saturated carbocycles. The number of rotatable bonds is 2. The van der Waals surface area contributed by atoms with Gasteiger partial charge in [-0.15, -0.1) is 6.58 Å². The fourth-order valence-corrected chi connectivity index (χ4v) is 0.939. The van der Waals surface area contributed by atoms with Crippen molar-refractivity contribution in [2.45, 2.75) is 26.3 Å². The maximum absolute atomic E-state index is 5.00. The van der Waals surface area contributed by atoms with E-state index in [0.717, 1.165) is 0 Å². The molecule has 0 fully saturated rings. The summed E-state index contributed by atoms with van der Waals surface area (Å²) in [4.78, 5) is 0. The lowest BCUT2D eigenvalue weighted by Gasteiger charge is -2.22. The van der Waals surface area contributed by atoms with E-state index in [0.29, 0.717) is 11.7 Å². The fourth-order valence-electron chi connectivity index (χ4n) is 0.550. The molecule has 64 valence electrons. The molecule has 2 N–H and O–H groups in total. The van der Waals surface area contributed by atoms with Crippen LogP contribution in [0.1, 0.15) is 20.8 Å². The molecule has 0 aliphatic carbocycles. The lowest BCUT2D eigenvalue weighted by Crippen LogP contribution is -2.46. The maximum atomic E-state index is 5.00. The molecule has 0 heterocycles. The molecule has 0 saturated heterocycles. The van der Waals surface area contributed by atoms with E-state index in [1.54, 1.807) is 6.08 Å². The molecule has 0 spiro atoms. The lowest BCUT2D eigenvalue weighted by atomic mass is 10.1. The Morgan fingerprint density at radius 3 is 2.45 bits per heavy atom. The highest BCUT2D eigenvalue weighted by Gasteiger charge is 2.09. The molecule has 3 heteroatoms. The minimum Gasteiger partial charge on any atom is -0.359 e. The van der Waals surface area contributed by atoms with Gasteiger partial charge in [0.15, 0.2) is 5.11 Å². The van der Waals surface area contributed by atoms with E-state index in [1.165, 1.54) is 0 Å². The summed E-state index contributed by atoms with van der Waals surface area (Å²) < 4.78 is 0. The summed E-state index contributed by atoms with van der Waals surface area (Å²) in [6.45, 7) is 10.5. The van der Waals surface area contributed by atoms with Crippen molar-refractivity contribution in [2.75, 3.05) is 6.54 Å². The Morgan fingerprint density at radius 2 is 2.09 bits per heavy atom. The van der Waals surface area contributed by atoms with Crippen molar-refractivity contribution >= 4 is 17.3 Å². The third-order valence-electron chi connectivity index (χ3n) is 0.895. The van der Waals surface area contributed by atoms with Crippen molar-refractivity contribution in [1.82, 2.24) is 10.6 Å². The first kappa shape index (κ1) is 10.4. The maximum Gasteiger partial charge on any atom is 0.166 e. The van der Waals surface area contributed by atoms with Crippen LogP contribution in [0.4, 0.5) is 0 Å². The molecule has 11 heavy (non-hydrogen) atoms. The molecular formula is C8H16N2S. The summed E-state index contributed by atoms with van der Waals surface area (Å²) >= 11 is 5.00. The summed E-state index contributed by atoms with van der Waals surface area (Å²) in [5, 5.41) is 6.80. The Bertz CT molecular complexity index is 147. The predicted octanol–water partition coefficient (Wildman–Crippen LogP) is 1.43. The van der Waals surface area contributed by atoms with Gasteiger partial charge in [-0.25, -0.2) is 0 Å². The van der Waals surface area contributed by atoms with Crippen LogP contribution in [0.15, 0.2) is 12.7 Å². The first-order valence-electron chi connectivity index (χ1n) is 3.62. The highest BCUT2D eigenvalue weighted by atomic mass is 32.1. The van der Waals surface area contributed by atoms with Gasteiger partial charge in [0.05, 0.1) is 0 Å². The van der Waals surface area contributed by atoms with E-state index in [2.05, 4.69) is 38.0 Å². The molecule has 0 aromatic carbocycles. The first-order valence-corrected chi connectivity index (χ1v) is 4.03. The third kappa shape index (κ3) is 7.33. The van der Waals surface area contributed by atoms with Gasteiger partial charge in [0.25, 0.3) is 0 Å². The standard InChI is InChI=1S/C8H16N2S/c1-5-6-9-7(11)10-8(2,3)4/h5H,1,6H2,2-4H3,(H2,9,10,11). The third-order valence-corrected chi connectivity index (χ3v) is 1.14. The van der Waals surface area contributed by atoms with Crippen molar-refractivity contribution < 1.29 is 0 Å². The first-order chi connectivity index (χ1) is 4.95. The van der Waals surface area contributed by atoms with Crippen LogP contribution in [0.25, 0.3) is 0 Å². The van der Waals surface area contributed by atoms with Crippen LogP contribution >= 0.6 is 12.2 Å². The van der Waals surface area contributed by atoms with Gasteiger partial charge in [-0.05, 0) is 33.0 Å². The van der Waals surface area contributed by atoms with Crippen LogP contribution in [0, 0.1) is 0 Å². The average molecular weight is 172 g/mol. The zero-order chi connectivity index (χ0) is 8.91. The Kier molecular flexibility index (Phi) is 4.11. The zero-order valence-corrected chi connectivity index (χ0v) is 8.22. The second kappa shape index (κ2) is 4.34. The molecule has 0 rings (SSSR count). The van der Waals surface area contributed by atoms with Crippen molar-refractivity contribution in [3.8, 4) is 0 Å². The topological polar surface area (TPSA) is 24.1 Å². The van der Waals surface area contributed by atoms with Crippen LogP contribution in [0.2, 0.25) is 0 Å². The molecule has 2 nitrogen and oxygen atoms in total. The van der Waals surface area contributed by atoms with Gasteiger partial charge in [0.1, 0.15) is 0 Å². The SMILES string of the molecule is C=CCNC(=S)NC(C)(C)C. The fraction of sp³-hybridized carbons (Fsp3) is 0.625. The summed E-state index contributed by atoms with van der Waals surface area (Å²) in [7, 11) is 0. The molecule has 0 aromatic heterocycles. The normalized spacial score (nSPS) is 10.5. The van der Waals surface area contributed by atoms with Crippen molar-refractivity contribution in [3.63, 3.8) is 0 Å². The monoisotopic (exact) mass is 172 g/mol. The van der Waals surface area contributed by atoms with E-state index in [4.69, 9.17) is 12.2 Å². The zero-order valence-electron chi connectivity index (χ0n) is 7.40. The number of thiocarbonyl (C=S) groups is 1. The van der Waals surface area contributed by atoms with Crippen molar-refractivity contribution in [2.24, 2.45) is 0 Å². The van der Waals surface area contributed by atoms with Gasteiger partial charge < -0.3 is 10.6 Å². The van der Waals surface area contributed by atoms with Gasteiger partial charge in [0, 0.05) is 12.1 Å². The minimum atomic E-state index is 0.0330. The smallest absolute Gasteiger partial charge is 0.166 e. The van der Waals surface area contributed by atoms with Crippen LogP contribution in [0.5, 0.6) is 0 Å². The molecule has 0 bridgehead atoms. The summed E-state index contributed by atoms with van der Waals surface area (Å²) in [5.41, 5.74) is 0.0330. The van der Waals surface area contributed by atoms with Crippen LogP contribution in [-0.4, -0.2) is 17.2 Å². The second-order valence-electron chi connectivity index (χ2n) is 3.37. The van der Waals surface area contributed by atoms with Gasteiger partial charge in [-0.1, -0.05) is 6.08 Å². The molecule has 0 aromatic rings. The van der Waals surface area contributed by atoms with Crippen molar-refractivity contribution in [3.05, 3.63) is 12.7 Å². The molecule has 0 atom stereocenters. The van der Waals surface area contributed by atoms with E-state index >= 15 is 0 Å². The summed E-state index contributed by atoms with van der Waals surface area (Å²) in [6.07, 6.45) is 1.77. The Balaban J connectivity index is 3.61. The van der Waals surface area contributed by atoms with E-state index in [1.807, 2.05) is 0 Å². The number of nitrogens with one attached hydrogen (secondary N) is 2. The van der Waals surface area contributed by atoms with E-state index in [-0.39, 0.29) is 5.54 Å². The highest BCUT2D eigenvalue weighted by molar-refractivity contribution is 7.80. The van der Waals surface area contributed by atoms with Gasteiger partial charge >= 0.3 is 0 Å². The minimum absolute atomic E-state index is 0.0330. The molecule has 0 aliphatic heterocycles. The van der Waals surface area contributed by atoms with E-state index < -0.39 is 0 Å². The number of hydrogen-bond acceptors (Lipinski definition) is 1. The molecular weight excluding hydrogens is 156 g/mol. The lowest BCUT2D eigenvalue weighted by molar-refractivity contribution is 0.508. The summed E-state index contributed by atoms with van der Waals surface area (Å²) in [5.74, 6) is 0. The molecule has 0 unspecified atom stereocenters. The van der Waals surface area contributed by atoms with Crippen molar-refractivity contribution in [1.29, 1.82) is 0 Å². The van der Waals surface area contributed by atoms with Crippen LogP contribution in [0.3, 0.4) is 0 Å². The highest BCUT2D eigenvalue weighted by Crippen LogP contribution is 1.97. The Labute approximate surface area is 74.1 Å². The molecule has 0 aliphatic rings. The quantitative estimate of drug-likeness (QED) is 0.487. The predicted molar refractivity (Wildman–Crippen MR) is 53.7 cm³/mol. The largest absolute Gasteiger partial charge is 0.359 e. The van der Waals surface area contributed by atoms with E-state index in [9.17, 15) is 0 Å². The second-order valence-corrected chi connectivity index (χ2v) is 3.78. The van der Waals surface area contributed by atoms with Gasteiger partial charge in [0.2, 0.25) is 0 Å². The molecule has 0 radical (unpaired) electrons. The number of hydrogen-bond donors (Lipinski definition) is 2.